The Morgan fingerprint density at radius 2 is 2.17 bits per heavy atom. The molecule has 2 rings (SSSR count). The highest BCUT2D eigenvalue weighted by Gasteiger charge is 2.22. The summed E-state index contributed by atoms with van der Waals surface area (Å²) in [6.45, 7) is 4.14. The molecule has 1 aromatic rings. The van der Waals surface area contributed by atoms with Crippen molar-refractivity contribution in [3.63, 3.8) is 0 Å². The van der Waals surface area contributed by atoms with E-state index in [9.17, 15) is 4.39 Å². The molecule has 0 saturated heterocycles. The van der Waals surface area contributed by atoms with E-state index in [-0.39, 0.29) is 5.82 Å². The van der Waals surface area contributed by atoms with Gasteiger partial charge in [-0.3, -0.25) is 0 Å². The number of rotatable bonds is 4. The van der Waals surface area contributed by atoms with Crippen LogP contribution in [0.25, 0.3) is 0 Å². The molecule has 2 atom stereocenters. The molecule has 0 amide bonds. The lowest BCUT2D eigenvalue weighted by atomic mass is 9.84. The molecule has 1 aliphatic rings. The van der Waals surface area contributed by atoms with Crippen molar-refractivity contribution in [3.05, 3.63) is 17.8 Å². The predicted molar refractivity (Wildman–Crippen MR) is 71.0 cm³/mol. The molecule has 1 fully saturated rings. The molecule has 2 unspecified atom stereocenters. The van der Waals surface area contributed by atoms with Crippen LogP contribution in [0.1, 0.15) is 51.6 Å². The van der Waals surface area contributed by atoms with E-state index in [2.05, 4.69) is 22.2 Å². The Morgan fingerprint density at radius 1 is 1.33 bits per heavy atom. The van der Waals surface area contributed by atoms with Crippen LogP contribution in [0, 0.1) is 11.7 Å². The molecule has 1 heterocycles. The zero-order valence-corrected chi connectivity index (χ0v) is 11.2. The molecular formula is C14H22FN3. The van der Waals surface area contributed by atoms with E-state index >= 15 is 0 Å². The zero-order valence-electron chi connectivity index (χ0n) is 11.2. The lowest BCUT2D eigenvalue weighted by molar-refractivity contribution is 0.326. The van der Waals surface area contributed by atoms with Crippen molar-refractivity contribution in [3.8, 4) is 0 Å². The highest BCUT2D eigenvalue weighted by molar-refractivity contribution is 5.38. The minimum absolute atomic E-state index is 0.279. The third-order valence-corrected chi connectivity index (χ3v) is 3.90. The molecule has 100 valence electrons. The predicted octanol–water partition coefficient (Wildman–Crippen LogP) is 3.56. The van der Waals surface area contributed by atoms with E-state index in [1.807, 2.05) is 6.92 Å². The van der Waals surface area contributed by atoms with Gasteiger partial charge in [0.05, 0.1) is 5.69 Å². The fourth-order valence-electron chi connectivity index (χ4n) is 2.74. The minimum atomic E-state index is -0.279. The van der Waals surface area contributed by atoms with E-state index < -0.39 is 0 Å². The molecule has 1 N–H and O–H groups in total. The van der Waals surface area contributed by atoms with Gasteiger partial charge in [-0.05, 0) is 25.2 Å². The molecule has 3 nitrogen and oxygen atoms in total. The Morgan fingerprint density at radius 3 is 2.89 bits per heavy atom. The first-order valence-electron chi connectivity index (χ1n) is 7.00. The van der Waals surface area contributed by atoms with Gasteiger partial charge in [0, 0.05) is 6.04 Å². The minimum Gasteiger partial charge on any atom is -0.365 e. The normalized spacial score (nSPS) is 23.9. The van der Waals surface area contributed by atoms with Crippen LogP contribution in [0.15, 0.2) is 6.33 Å². The monoisotopic (exact) mass is 251 g/mol. The molecular weight excluding hydrogens is 229 g/mol. The van der Waals surface area contributed by atoms with Crippen LogP contribution in [0.3, 0.4) is 0 Å². The van der Waals surface area contributed by atoms with Gasteiger partial charge in [-0.25, -0.2) is 14.4 Å². The lowest BCUT2D eigenvalue weighted by Gasteiger charge is -2.29. The molecule has 0 bridgehead atoms. The number of nitrogens with zero attached hydrogens (tertiary/aromatic N) is 2. The van der Waals surface area contributed by atoms with Crippen LogP contribution >= 0.6 is 0 Å². The third kappa shape index (κ3) is 2.98. The summed E-state index contributed by atoms with van der Waals surface area (Å²) in [5.41, 5.74) is 0.496. The summed E-state index contributed by atoms with van der Waals surface area (Å²) in [6.07, 6.45) is 8.04. The summed E-state index contributed by atoms with van der Waals surface area (Å²) in [6, 6.07) is 0.359. The summed E-state index contributed by atoms with van der Waals surface area (Å²) in [5, 5.41) is 3.26. The average Bonchev–Trinajstić information content (AvgIpc) is 2.41. The van der Waals surface area contributed by atoms with Gasteiger partial charge in [-0.2, -0.15) is 0 Å². The Labute approximate surface area is 108 Å². The Bertz CT molecular complexity index is 395. The van der Waals surface area contributed by atoms with Crippen molar-refractivity contribution in [1.82, 2.24) is 9.97 Å². The van der Waals surface area contributed by atoms with Gasteiger partial charge in [0.1, 0.15) is 6.33 Å². The topological polar surface area (TPSA) is 37.8 Å². The van der Waals surface area contributed by atoms with Crippen LogP contribution in [0.2, 0.25) is 0 Å². The molecule has 1 saturated carbocycles. The molecule has 0 aromatic carbocycles. The maximum atomic E-state index is 14.0. The van der Waals surface area contributed by atoms with E-state index in [1.165, 1.54) is 25.6 Å². The average molecular weight is 251 g/mol. The van der Waals surface area contributed by atoms with E-state index in [0.717, 1.165) is 18.8 Å². The van der Waals surface area contributed by atoms with Crippen LogP contribution in [-0.4, -0.2) is 16.0 Å². The van der Waals surface area contributed by atoms with Crippen molar-refractivity contribution in [2.75, 3.05) is 5.32 Å². The summed E-state index contributed by atoms with van der Waals surface area (Å²) in [5.74, 6) is 0.869. The molecule has 4 heteroatoms. The maximum absolute atomic E-state index is 14.0. The van der Waals surface area contributed by atoms with Gasteiger partial charge < -0.3 is 5.32 Å². The van der Waals surface area contributed by atoms with Gasteiger partial charge >= 0.3 is 0 Å². The zero-order chi connectivity index (χ0) is 13.0. The van der Waals surface area contributed by atoms with Crippen molar-refractivity contribution in [1.29, 1.82) is 0 Å². The molecule has 0 radical (unpaired) electrons. The molecule has 1 aliphatic carbocycles. The molecule has 0 spiro atoms. The number of anilines is 1. The van der Waals surface area contributed by atoms with Gasteiger partial charge in [0.15, 0.2) is 11.6 Å². The summed E-state index contributed by atoms with van der Waals surface area (Å²) >= 11 is 0. The van der Waals surface area contributed by atoms with E-state index in [0.29, 0.717) is 24.0 Å². The number of aryl methyl sites for hydroxylation is 1. The molecule has 1 aromatic heterocycles. The smallest absolute Gasteiger partial charge is 0.186 e. The van der Waals surface area contributed by atoms with Gasteiger partial charge in [-0.15, -0.1) is 0 Å². The second-order valence-electron chi connectivity index (χ2n) is 5.12. The van der Waals surface area contributed by atoms with Crippen LogP contribution < -0.4 is 5.32 Å². The number of hydrogen-bond acceptors (Lipinski definition) is 3. The highest BCUT2D eigenvalue weighted by Crippen LogP contribution is 2.28. The SMILES string of the molecule is CCc1ncnc(NC2CCCC(CC)C2)c1F. The molecule has 0 aliphatic heterocycles. The standard InChI is InChI=1S/C14H22FN3/c1-3-10-6-5-7-11(8-10)18-14-13(15)12(4-2)16-9-17-14/h9-11H,3-8H2,1-2H3,(H,16,17,18). The Balaban J connectivity index is 2.04. The number of nitrogens with one attached hydrogen (secondary N) is 1. The number of hydrogen-bond donors (Lipinski definition) is 1. The van der Waals surface area contributed by atoms with Crippen molar-refractivity contribution in [2.45, 2.75) is 58.4 Å². The summed E-state index contributed by atoms with van der Waals surface area (Å²) < 4.78 is 14.0. The van der Waals surface area contributed by atoms with Crippen LogP contribution in [0.4, 0.5) is 10.2 Å². The number of aromatic nitrogens is 2. The Kier molecular flexibility index (Phi) is 4.50. The Hall–Kier alpha value is -1.19. The van der Waals surface area contributed by atoms with E-state index in [1.54, 1.807) is 0 Å². The van der Waals surface area contributed by atoms with Crippen molar-refractivity contribution in [2.24, 2.45) is 5.92 Å². The second-order valence-corrected chi connectivity index (χ2v) is 5.12. The van der Waals surface area contributed by atoms with Crippen molar-refractivity contribution >= 4 is 5.82 Å². The second kappa shape index (κ2) is 6.12. The fourth-order valence-corrected chi connectivity index (χ4v) is 2.74. The van der Waals surface area contributed by atoms with Gasteiger partial charge in [0.2, 0.25) is 0 Å². The first-order chi connectivity index (χ1) is 8.74. The largest absolute Gasteiger partial charge is 0.365 e. The fraction of sp³-hybridized carbons (Fsp3) is 0.714. The van der Waals surface area contributed by atoms with E-state index in [4.69, 9.17) is 0 Å². The lowest BCUT2D eigenvalue weighted by Crippen LogP contribution is -2.28. The van der Waals surface area contributed by atoms with Crippen LogP contribution in [-0.2, 0) is 6.42 Å². The summed E-state index contributed by atoms with van der Waals surface area (Å²) in [7, 11) is 0. The van der Waals surface area contributed by atoms with Gasteiger partial charge in [-0.1, -0.05) is 33.1 Å². The number of halogens is 1. The van der Waals surface area contributed by atoms with Crippen molar-refractivity contribution < 1.29 is 4.39 Å². The highest BCUT2D eigenvalue weighted by atomic mass is 19.1. The van der Waals surface area contributed by atoms with Crippen LogP contribution in [0.5, 0.6) is 0 Å². The third-order valence-electron chi connectivity index (χ3n) is 3.90. The summed E-state index contributed by atoms with van der Waals surface area (Å²) in [4.78, 5) is 7.99. The van der Waals surface area contributed by atoms with Gasteiger partial charge in [0.25, 0.3) is 0 Å². The first-order valence-corrected chi connectivity index (χ1v) is 7.00. The maximum Gasteiger partial charge on any atom is 0.186 e. The molecule has 18 heavy (non-hydrogen) atoms. The quantitative estimate of drug-likeness (QED) is 0.889. The first kappa shape index (κ1) is 13.2.